The summed E-state index contributed by atoms with van der Waals surface area (Å²) in [5.74, 6) is -0.629. The van der Waals surface area contributed by atoms with Crippen molar-refractivity contribution in [1.82, 2.24) is 10.2 Å². The fourth-order valence-electron chi connectivity index (χ4n) is 2.29. The number of benzene rings is 1. The highest BCUT2D eigenvalue weighted by molar-refractivity contribution is 9.10. The Labute approximate surface area is 130 Å². The van der Waals surface area contributed by atoms with Crippen LogP contribution in [0.1, 0.15) is 23.2 Å². The van der Waals surface area contributed by atoms with Crippen LogP contribution in [0.15, 0.2) is 28.7 Å². The van der Waals surface area contributed by atoms with Crippen LogP contribution < -0.4 is 5.32 Å². The van der Waals surface area contributed by atoms with Crippen LogP contribution >= 0.6 is 15.9 Å². The normalized spacial score (nSPS) is 17.6. The first-order chi connectivity index (χ1) is 9.99. The van der Waals surface area contributed by atoms with Crippen molar-refractivity contribution in [2.24, 2.45) is 0 Å². The number of amides is 2. The molecule has 1 atom stereocenters. The molecule has 0 aliphatic carbocycles. The molecule has 0 bridgehead atoms. The minimum absolute atomic E-state index is 0.134. The van der Waals surface area contributed by atoms with Gasteiger partial charge in [-0.05, 0) is 25.0 Å². The fraction of sp³-hybridized carbons (Fsp3) is 0.357. The molecule has 0 spiro atoms. The summed E-state index contributed by atoms with van der Waals surface area (Å²) in [7, 11) is 0. The van der Waals surface area contributed by atoms with E-state index >= 15 is 0 Å². The third-order valence-corrected chi connectivity index (χ3v) is 3.92. The Hall–Kier alpha value is -1.89. The number of carbonyl (C=O) groups is 3. The van der Waals surface area contributed by atoms with Crippen molar-refractivity contribution in [3.63, 3.8) is 0 Å². The van der Waals surface area contributed by atoms with Gasteiger partial charge in [0, 0.05) is 16.6 Å². The molecule has 2 N–H and O–H groups in total. The average molecular weight is 355 g/mol. The molecule has 112 valence electrons. The summed E-state index contributed by atoms with van der Waals surface area (Å²) in [4.78, 5) is 36.0. The number of ketones is 1. The van der Waals surface area contributed by atoms with Gasteiger partial charge in [-0.1, -0.05) is 28.1 Å². The maximum atomic E-state index is 12.0. The van der Waals surface area contributed by atoms with Crippen molar-refractivity contribution in [3.8, 4) is 0 Å². The summed E-state index contributed by atoms with van der Waals surface area (Å²) in [5, 5.41) is 11.5. The van der Waals surface area contributed by atoms with E-state index in [0.29, 0.717) is 24.9 Å². The third-order valence-electron chi connectivity index (χ3n) is 3.39. The molecule has 0 aromatic heterocycles. The fourth-order valence-corrected chi connectivity index (χ4v) is 2.56. The minimum Gasteiger partial charge on any atom is -0.465 e. The van der Waals surface area contributed by atoms with Crippen molar-refractivity contribution >= 4 is 33.7 Å². The molecule has 21 heavy (non-hydrogen) atoms. The maximum absolute atomic E-state index is 12.0. The molecule has 0 saturated carbocycles. The molecule has 2 amide bonds. The van der Waals surface area contributed by atoms with Crippen LogP contribution in [-0.2, 0) is 4.79 Å². The smallest absolute Gasteiger partial charge is 0.407 e. The average Bonchev–Trinajstić information content (AvgIpc) is 2.95. The van der Waals surface area contributed by atoms with Gasteiger partial charge < -0.3 is 10.4 Å². The zero-order valence-corrected chi connectivity index (χ0v) is 12.8. The van der Waals surface area contributed by atoms with Gasteiger partial charge >= 0.3 is 6.09 Å². The molecular weight excluding hydrogens is 340 g/mol. The summed E-state index contributed by atoms with van der Waals surface area (Å²) in [6, 6.07) is 6.13. The molecule has 0 radical (unpaired) electrons. The van der Waals surface area contributed by atoms with Crippen LogP contribution in [0, 0.1) is 0 Å². The third kappa shape index (κ3) is 3.81. The first-order valence-corrected chi connectivity index (χ1v) is 7.34. The number of rotatable bonds is 4. The Kier molecular flexibility index (Phi) is 4.95. The Bertz CT molecular complexity index is 559. The lowest BCUT2D eigenvalue weighted by atomic mass is 10.1. The summed E-state index contributed by atoms with van der Waals surface area (Å²) in [6.07, 6.45) is 0.0437. The van der Waals surface area contributed by atoms with E-state index in [-0.39, 0.29) is 12.3 Å². The minimum atomic E-state index is -1.10. The quantitative estimate of drug-likeness (QED) is 0.808. The number of carboxylic acid groups (broad SMARTS) is 1. The number of likely N-dealkylation sites (tertiary alicyclic amines) is 1. The SMILES string of the molecule is O=C(CNC(=O)C1CCCN1C(=O)O)c1ccc(Br)cc1. The van der Waals surface area contributed by atoms with Crippen LogP contribution in [0.4, 0.5) is 4.79 Å². The van der Waals surface area contributed by atoms with Crippen molar-refractivity contribution in [2.75, 3.05) is 13.1 Å². The molecule has 1 aromatic carbocycles. The van der Waals surface area contributed by atoms with Crippen LogP contribution in [0.5, 0.6) is 0 Å². The lowest BCUT2D eigenvalue weighted by molar-refractivity contribution is -0.124. The van der Waals surface area contributed by atoms with Gasteiger partial charge in [0.1, 0.15) is 6.04 Å². The summed E-state index contributed by atoms with van der Waals surface area (Å²) >= 11 is 3.28. The Morgan fingerprint density at radius 1 is 1.29 bits per heavy atom. The highest BCUT2D eigenvalue weighted by atomic mass is 79.9. The van der Waals surface area contributed by atoms with Crippen molar-refractivity contribution in [1.29, 1.82) is 0 Å². The molecule has 1 saturated heterocycles. The maximum Gasteiger partial charge on any atom is 0.407 e. The number of hydrogen-bond donors (Lipinski definition) is 2. The van der Waals surface area contributed by atoms with Crippen LogP contribution in [0.25, 0.3) is 0 Å². The Balaban J connectivity index is 1.90. The van der Waals surface area contributed by atoms with Crippen molar-refractivity contribution < 1.29 is 19.5 Å². The van der Waals surface area contributed by atoms with Gasteiger partial charge in [0.25, 0.3) is 0 Å². The molecule has 1 heterocycles. The van der Waals surface area contributed by atoms with E-state index in [1.54, 1.807) is 24.3 Å². The molecule has 1 aliphatic rings. The van der Waals surface area contributed by atoms with Crippen LogP contribution in [0.3, 0.4) is 0 Å². The molecule has 1 aromatic rings. The van der Waals surface area contributed by atoms with Gasteiger partial charge in [0.2, 0.25) is 5.91 Å². The molecule has 1 unspecified atom stereocenters. The van der Waals surface area contributed by atoms with Crippen molar-refractivity contribution in [2.45, 2.75) is 18.9 Å². The van der Waals surface area contributed by atoms with Gasteiger partial charge in [-0.15, -0.1) is 0 Å². The lowest BCUT2D eigenvalue weighted by Gasteiger charge is -2.20. The predicted octanol–water partition coefficient (Wildman–Crippen LogP) is 1.89. The Morgan fingerprint density at radius 3 is 2.57 bits per heavy atom. The largest absolute Gasteiger partial charge is 0.465 e. The predicted molar refractivity (Wildman–Crippen MR) is 79.2 cm³/mol. The van der Waals surface area contributed by atoms with E-state index in [1.807, 2.05) is 0 Å². The molecular formula is C14H15BrN2O4. The number of nitrogens with zero attached hydrogens (tertiary/aromatic N) is 1. The number of Topliss-reactive ketones (excluding diaryl/α,β-unsaturated/α-hetero) is 1. The van der Waals surface area contributed by atoms with Gasteiger partial charge in [-0.3, -0.25) is 14.5 Å². The van der Waals surface area contributed by atoms with Crippen LogP contribution in [-0.4, -0.2) is 46.9 Å². The summed E-state index contributed by atoms with van der Waals surface area (Å²) in [6.45, 7) is 0.221. The number of carbonyl (C=O) groups excluding carboxylic acids is 2. The zero-order valence-electron chi connectivity index (χ0n) is 11.2. The van der Waals surface area contributed by atoms with E-state index in [1.165, 1.54) is 0 Å². The van der Waals surface area contributed by atoms with Gasteiger partial charge in [0.05, 0.1) is 6.54 Å². The molecule has 1 fully saturated rings. The second-order valence-electron chi connectivity index (χ2n) is 4.78. The number of hydrogen-bond acceptors (Lipinski definition) is 3. The topological polar surface area (TPSA) is 86.7 Å². The van der Waals surface area contributed by atoms with Crippen molar-refractivity contribution in [3.05, 3.63) is 34.3 Å². The molecule has 1 aliphatic heterocycles. The van der Waals surface area contributed by atoms with Gasteiger partial charge in [-0.2, -0.15) is 0 Å². The summed E-state index contributed by atoms with van der Waals surface area (Å²) < 4.78 is 0.867. The molecule has 6 nitrogen and oxygen atoms in total. The van der Waals surface area contributed by atoms with Gasteiger partial charge in [0.15, 0.2) is 5.78 Å². The lowest BCUT2D eigenvalue weighted by Crippen LogP contribution is -2.46. The standard InChI is InChI=1S/C14H15BrN2O4/c15-10-5-3-9(4-6-10)12(18)8-16-13(19)11-2-1-7-17(11)14(20)21/h3-6,11H,1-2,7-8H2,(H,16,19)(H,20,21). The summed E-state index contributed by atoms with van der Waals surface area (Å²) in [5.41, 5.74) is 0.500. The highest BCUT2D eigenvalue weighted by Crippen LogP contribution is 2.17. The van der Waals surface area contributed by atoms with E-state index in [9.17, 15) is 14.4 Å². The van der Waals surface area contributed by atoms with E-state index in [0.717, 1.165) is 9.37 Å². The zero-order chi connectivity index (χ0) is 15.4. The van der Waals surface area contributed by atoms with Crippen LogP contribution in [0.2, 0.25) is 0 Å². The first-order valence-electron chi connectivity index (χ1n) is 6.55. The molecule has 2 rings (SSSR count). The van der Waals surface area contributed by atoms with E-state index in [2.05, 4.69) is 21.2 Å². The number of halogens is 1. The molecule has 7 heteroatoms. The Morgan fingerprint density at radius 2 is 1.95 bits per heavy atom. The van der Waals surface area contributed by atoms with Gasteiger partial charge in [-0.25, -0.2) is 4.79 Å². The highest BCUT2D eigenvalue weighted by Gasteiger charge is 2.33. The monoisotopic (exact) mass is 354 g/mol. The van der Waals surface area contributed by atoms with E-state index < -0.39 is 18.0 Å². The first kappa shape index (κ1) is 15.5. The second kappa shape index (κ2) is 6.71. The number of nitrogens with one attached hydrogen (secondary N) is 1. The van der Waals surface area contributed by atoms with E-state index in [4.69, 9.17) is 5.11 Å². The second-order valence-corrected chi connectivity index (χ2v) is 5.70.